The highest BCUT2D eigenvalue weighted by Crippen LogP contribution is 2.61. The van der Waals surface area contributed by atoms with Crippen LogP contribution in [-0.2, 0) is 4.79 Å². The molecule has 5 heteroatoms. The van der Waals surface area contributed by atoms with Crippen LogP contribution in [0.1, 0.15) is 52.5 Å². The zero-order valence-corrected chi connectivity index (χ0v) is 16.2. The van der Waals surface area contributed by atoms with Crippen molar-refractivity contribution >= 4 is 17.7 Å². The summed E-state index contributed by atoms with van der Waals surface area (Å²) in [5.41, 5.74) is 1.20. The fourth-order valence-electron chi connectivity index (χ4n) is 4.40. The molecule has 1 aliphatic carbocycles. The van der Waals surface area contributed by atoms with Gasteiger partial charge in [-0.3, -0.25) is 19.3 Å². The summed E-state index contributed by atoms with van der Waals surface area (Å²) in [4.78, 5) is 42.2. The highest BCUT2D eigenvalue weighted by Gasteiger charge is 2.63. The Morgan fingerprint density at radius 1 is 0.964 bits per heavy atom. The first-order valence-electron chi connectivity index (χ1n) is 9.83. The SMILES string of the molecule is CCN(CC)C(=O)C1(CN2C(=O)c3ccccc3C2=O)CC1c1ccccc1. The van der Waals surface area contributed by atoms with Crippen molar-refractivity contribution in [1.82, 2.24) is 9.80 Å². The van der Waals surface area contributed by atoms with Crippen LogP contribution in [0.2, 0.25) is 0 Å². The predicted molar refractivity (Wildman–Crippen MR) is 106 cm³/mol. The molecule has 1 saturated carbocycles. The smallest absolute Gasteiger partial charge is 0.261 e. The minimum Gasteiger partial charge on any atom is -0.343 e. The third-order valence-corrected chi connectivity index (χ3v) is 6.07. The van der Waals surface area contributed by atoms with E-state index in [4.69, 9.17) is 0 Å². The van der Waals surface area contributed by atoms with E-state index >= 15 is 0 Å². The summed E-state index contributed by atoms with van der Waals surface area (Å²) >= 11 is 0. The first-order valence-corrected chi connectivity index (χ1v) is 9.83. The number of carbonyl (C=O) groups excluding carboxylic acids is 3. The summed E-state index contributed by atoms with van der Waals surface area (Å²) in [6.45, 7) is 5.27. The van der Waals surface area contributed by atoms with Crippen LogP contribution in [0.25, 0.3) is 0 Å². The number of imide groups is 1. The Kier molecular flexibility index (Phi) is 4.53. The van der Waals surface area contributed by atoms with Crippen LogP contribution >= 0.6 is 0 Å². The number of fused-ring (bicyclic) bond motifs is 1. The first kappa shape index (κ1) is 18.4. The normalized spacial score (nSPS) is 22.9. The summed E-state index contributed by atoms with van der Waals surface area (Å²) in [6, 6.07) is 16.8. The zero-order valence-electron chi connectivity index (χ0n) is 16.2. The standard InChI is InChI=1S/C23H24N2O3/c1-3-24(4-2)22(28)23(14-19(23)16-10-6-5-7-11-16)15-25-20(26)17-12-8-9-13-18(17)21(25)27/h5-13,19H,3-4,14-15H2,1-2H3. The lowest BCUT2D eigenvalue weighted by molar-refractivity contribution is -0.137. The van der Waals surface area contributed by atoms with Crippen LogP contribution in [0.3, 0.4) is 0 Å². The molecule has 1 heterocycles. The van der Waals surface area contributed by atoms with Crippen LogP contribution in [0.5, 0.6) is 0 Å². The maximum Gasteiger partial charge on any atom is 0.261 e. The summed E-state index contributed by atoms with van der Waals surface area (Å²) in [7, 11) is 0. The van der Waals surface area contributed by atoms with Crippen molar-refractivity contribution in [2.24, 2.45) is 5.41 Å². The molecule has 2 aliphatic rings. The Bertz CT molecular complexity index is 901. The zero-order chi connectivity index (χ0) is 19.9. The molecule has 28 heavy (non-hydrogen) atoms. The molecule has 2 unspecified atom stereocenters. The summed E-state index contributed by atoms with van der Waals surface area (Å²) in [5.74, 6) is -0.550. The van der Waals surface area contributed by atoms with Crippen LogP contribution < -0.4 is 0 Å². The highest BCUT2D eigenvalue weighted by atomic mass is 16.2. The molecule has 4 rings (SSSR count). The average molecular weight is 376 g/mol. The van der Waals surface area contributed by atoms with Gasteiger partial charge in [0.25, 0.3) is 11.8 Å². The van der Waals surface area contributed by atoms with Crippen LogP contribution in [0.4, 0.5) is 0 Å². The van der Waals surface area contributed by atoms with Gasteiger partial charge in [-0.2, -0.15) is 0 Å². The van der Waals surface area contributed by atoms with E-state index in [0.29, 0.717) is 30.6 Å². The number of rotatable bonds is 6. The Morgan fingerprint density at radius 3 is 2.04 bits per heavy atom. The first-order chi connectivity index (χ1) is 13.5. The van der Waals surface area contributed by atoms with Gasteiger partial charge in [0.2, 0.25) is 5.91 Å². The van der Waals surface area contributed by atoms with Gasteiger partial charge in [0.15, 0.2) is 0 Å². The molecule has 144 valence electrons. The van der Waals surface area contributed by atoms with Crippen LogP contribution in [-0.4, -0.2) is 47.2 Å². The molecule has 0 aromatic heterocycles. The number of hydrogen-bond acceptors (Lipinski definition) is 3. The van der Waals surface area contributed by atoms with E-state index in [1.807, 2.05) is 44.2 Å². The van der Waals surface area contributed by atoms with Crippen molar-refractivity contribution in [2.45, 2.75) is 26.2 Å². The largest absolute Gasteiger partial charge is 0.343 e. The van der Waals surface area contributed by atoms with Crippen LogP contribution in [0.15, 0.2) is 54.6 Å². The fourth-order valence-corrected chi connectivity index (χ4v) is 4.40. The molecule has 2 aromatic carbocycles. The second-order valence-corrected chi connectivity index (χ2v) is 7.54. The molecule has 1 fully saturated rings. The van der Waals surface area contributed by atoms with Gasteiger partial charge in [-0.1, -0.05) is 42.5 Å². The maximum atomic E-state index is 13.4. The monoisotopic (exact) mass is 376 g/mol. The van der Waals surface area contributed by atoms with Gasteiger partial charge in [0, 0.05) is 25.6 Å². The number of benzene rings is 2. The molecule has 0 N–H and O–H groups in total. The van der Waals surface area contributed by atoms with Gasteiger partial charge in [-0.15, -0.1) is 0 Å². The van der Waals surface area contributed by atoms with E-state index in [-0.39, 0.29) is 30.2 Å². The van der Waals surface area contributed by atoms with Crippen molar-refractivity contribution in [3.8, 4) is 0 Å². The Hall–Kier alpha value is -2.95. The van der Waals surface area contributed by atoms with E-state index in [0.717, 1.165) is 5.56 Å². The van der Waals surface area contributed by atoms with E-state index < -0.39 is 5.41 Å². The summed E-state index contributed by atoms with van der Waals surface area (Å²) in [6.07, 6.45) is 0.653. The third-order valence-electron chi connectivity index (χ3n) is 6.07. The lowest BCUT2D eigenvalue weighted by Crippen LogP contribution is -2.45. The van der Waals surface area contributed by atoms with E-state index in [1.165, 1.54) is 4.90 Å². The lowest BCUT2D eigenvalue weighted by atomic mass is 9.96. The minimum atomic E-state index is -0.735. The molecule has 0 saturated heterocycles. The quantitative estimate of drug-likeness (QED) is 0.727. The number of amides is 3. The molecule has 0 bridgehead atoms. The fraction of sp³-hybridized carbons (Fsp3) is 0.348. The van der Waals surface area contributed by atoms with Crippen molar-refractivity contribution in [3.05, 3.63) is 71.3 Å². The molecular formula is C23H24N2O3. The van der Waals surface area contributed by atoms with Crippen molar-refractivity contribution in [1.29, 1.82) is 0 Å². The molecule has 1 aliphatic heterocycles. The Morgan fingerprint density at radius 2 is 1.50 bits per heavy atom. The molecular weight excluding hydrogens is 352 g/mol. The average Bonchev–Trinajstić information content (AvgIpc) is 3.42. The summed E-state index contributed by atoms with van der Waals surface area (Å²) in [5, 5.41) is 0. The molecule has 0 spiro atoms. The number of carbonyl (C=O) groups is 3. The molecule has 0 radical (unpaired) electrons. The van der Waals surface area contributed by atoms with E-state index in [9.17, 15) is 14.4 Å². The number of nitrogens with zero attached hydrogens (tertiary/aromatic N) is 2. The Balaban J connectivity index is 1.68. The van der Waals surface area contributed by atoms with Crippen molar-refractivity contribution < 1.29 is 14.4 Å². The van der Waals surface area contributed by atoms with Crippen LogP contribution in [0, 0.1) is 5.41 Å². The Labute approximate surface area is 164 Å². The van der Waals surface area contributed by atoms with Gasteiger partial charge in [-0.25, -0.2) is 0 Å². The second-order valence-electron chi connectivity index (χ2n) is 7.54. The third kappa shape index (κ3) is 2.73. The highest BCUT2D eigenvalue weighted by molar-refractivity contribution is 6.21. The van der Waals surface area contributed by atoms with Gasteiger partial charge in [0.05, 0.1) is 16.5 Å². The molecule has 3 amide bonds. The topological polar surface area (TPSA) is 57.7 Å². The van der Waals surface area contributed by atoms with Crippen molar-refractivity contribution in [2.75, 3.05) is 19.6 Å². The molecule has 5 nitrogen and oxygen atoms in total. The lowest BCUT2D eigenvalue weighted by Gasteiger charge is -2.29. The second kappa shape index (κ2) is 6.89. The van der Waals surface area contributed by atoms with E-state index in [2.05, 4.69) is 0 Å². The summed E-state index contributed by atoms with van der Waals surface area (Å²) < 4.78 is 0. The van der Waals surface area contributed by atoms with Gasteiger partial charge >= 0.3 is 0 Å². The van der Waals surface area contributed by atoms with E-state index in [1.54, 1.807) is 29.2 Å². The predicted octanol–water partition coefficient (Wildman–Crippen LogP) is 3.32. The molecule has 2 aromatic rings. The van der Waals surface area contributed by atoms with Crippen molar-refractivity contribution in [3.63, 3.8) is 0 Å². The van der Waals surface area contributed by atoms with Gasteiger partial charge in [0.1, 0.15) is 0 Å². The minimum absolute atomic E-state index is 0.0195. The maximum absolute atomic E-state index is 13.4. The van der Waals surface area contributed by atoms with Gasteiger partial charge in [-0.05, 0) is 38.0 Å². The van der Waals surface area contributed by atoms with Gasteiger partial charge < -0.3 is 4.90 Å². The number of hydrogen-bond donors (Lipinski definition) is 0. The molecule has 2 atom stereocenters.